The molecule has 49 heavy (non-hydrogen) atoms. The van der Waals surface area contributed by atoms with E-state index in [2.05, 4.69) is 57.7 Å². The Hall–Kier alpha value is -2.78. The molecule has 2 aromatic rings. The van der Waals surface area contributed by atoms with Crippen LogP contribution in [0.15, 0.2) is 65.9 Å². The zero-order valence-electron chi connectivity index (χ0n) is 30.4. The molecule has 7 nitrogen and oxygen atoms in total. The van der Waals surface area contributed by atoms with Gasteiger partial charge in [0, 0.05) is 31.1 Å². The molecule has 1 fully saturated rings. The fourth-order valence-corrected chi connectivity index (χ4v) is 9.02. The summed E-state index contributed by atoms with van der Waals surface area (Å²) in [4.78, 5) is 6.15. The minimum absolute atomic E-state index is 0.0342. The Kier molecular flexibility index (Phi) is 12.6. The van der Waals surface area contributed by atoms with Crippen molar-refractivity contribution >= 4 is 17.5 Å². The van der Waals surface area contributed by atoms with Gasteiger partial charge in [0.05, 0.1) is 23.5 Å². The standard InChI is InChI=1S/C41H57NO6S/c1-8-22-45-41-37(49-9-2)26-35(42-48-40(5,6)7)33-24-29(14-10-12-20-43)32(15-11-13-21-44)38(39(33)41)34-25-31(18-19-36(34)47-41)46-30-17-16-27(3)28(4)23-30/h8,16-19,23-25,29,32,37-39,43-44H,1,9-15,20-22,26H2,2-7H3. The van der Waals surface area contributed by atoms with E-state index in [1.165, 1.54) is 11.1 Å². The van der Waals surface area contributed by atoms with Crippen LogP contribution in [-0.2, 0) is 9.57 Å². The number of hydrogen-bond donors (Lipinski definition) is 2. The molecule has 0 radical (unpaired) electrons. The van der Waals surface area contributed by atoms with Crippen molar-refractivity contribution in [1.29, 1.82) is 0 Å². The van der Waals surface area contributed by atoms with Crippen molar-refractivity contribution in [3.8, 4) is 17.2 Å². The Bertz CT molecular complexity index is 1500. The van der Waals surface area contributed by atoms with Crippen LogP contribution in [0.5, 0.6) is 17.2 Å². The zero-order valence-corrected chi connectivity index (χ0v) is 31.2. The largest absolute Gasteiger partial charge is 0.460 e. The molecule has 0 spiro atoms. The molecule has 268 valence electrons. The van der Waals surface area contributed by atoms with Gasteiger partial charge in [-0.25, -0.2) is 0 Å². The maximum Gasteiger partial charge on any atom is 0.230 e. The van der Waals surface area contributed by atoms with Gasteiger partial charge in [-0.1, -0.05) is 43.1 Å². The second kappa shape index (κ2) is 16.5. The zero-order chi connectivity index (χ0) is 35.2. The summed E-state index contributed by atoms with van der Waals surface area (Å²) in [6.07, 6.45) is 10.2. The lowest BCUT2D eigenvalue weighted by Crippen LogP contribution is -2.64. The highest BCUT2D eigenvalue weighted by Gasteiger charge is 2.63. The van der Waals surface area contributed by atoms with Crippen molar-refractivity contribution in [3.63, 3.8) is 0 Å². The normalized spacial score (nSPS) is 26.7. The lowest BCUT2D eigenvalue weighted by atomic mass is 9.56. The van der Waals surface area contributed by atoms with Crippen LogP contribution in [0.3, 0.4) is 0 Å². The van der Waals surface area contributed by atoms with Gasteiger partial charge in [0.15, 0.2) is 0 Å². The number of aliphatic hydroxyl groups is 2. The molecule has 2 aliphatic carbocycles. The second-order valence-electron chi connectivity index (χ2n) is 14.8. The molecule has 2 aromatic carbocycles. The van der Waals surface area contributed by atoms with Gasteiger partial charge >= 0.3 is 0 Å². The number of thioether (sulfide) groups is 1. The number of oxime groups is 1. The van der Waals surface area contributed by atoms with Crippen LogP contribution in [0, 0.1) is 31.6 Å². The number of unbranched alkanes of at least 4 members (excludes halogenated alkanes) is 2. The van der Waals surface area contributed by atoms with Crippen LogP contribution < -0.4 is 9.47 Å². The number of fused-ring (bicyclic) bond motifs is 2. The average molecular weight is 692 g/mol. The quantitative estimate of drug-likeness (QED) is 0.103. The first-order chi connectivity index (χ1) is 23.5. The fourth-order valence-electron chi connectivity index (χ4n) is 7.85. The summed E-state index contributed by atoms with van der Waals surface area (Å²) in [6, 6.07) is 12.4. The van der Waals surface area contributed by atoms with Gasteiger partial charge in [-0.15, -0.1) is 6.58 Å². The van der Waals surface area contributed by atoms with Crippen LogP contribution in [0.25, 0.3) is 0 Å². The molecule has 5 rings (SSSR count). The molecule has 0 saturated heterocycles. The van der Waals surface area contributed by atoms with Crippen LogP contribution in [0.4, 0.5) is 0 Å². The van der Waals surface area contributed by atoms with Crippen molar-refractivity contribution in [2.24, 2.45) is 22.9 Å². The number of aliphatic hydroxyl groups excluding tert-OH is 2. The predicted octanol–water partition coefficient (Wildman–Crippen LogP) is 9.28. The highest BCUT2D eigenvalue weighted by Crippen LogP contribution is 2.62. The van der Waals surface area contributed by atoms with E-state index in [0.29, 0.717) is 13.0 Å². The molecular formula is C41H57NO6S. The molecule has 1 saturated carbocycles. The van der Waals surface area contributed by atoms with Crippen molar-refractivity contribution < 1.29 is 29.3 Å². The summed E-state index contributed by atoms with van der Waals surface area (Å²) < 4.78 is 20.7. The fraction of sp³-hybridized carbons (Fsp3) is 0.585. The van der Waals surface area contributed by atoms with Gasteiger partial charge < -0.3 is 29.3 Å². The third-order valence-corrected chi connectivity index (χ3v) is 11.4. The molecule has 6 atom stereocenters. The second-order valence-corrected chi connectivity index (χ2v) is 16.2. The number of allylic oxidation sites excluding steroid dienone is 1. The molecule has 1 heterocycles. The van der Waals surface area contributed by atoms with Crippen molar-refractivity contribution in [2.45, 2.75) is 109 Å². The Balaban J connectivity index is 1.72. The maximum atomic E-state index is 9.82. The molecule has 6 unspecified atom stereocenters. The molecule has 0 amide bonds. The van der Waals surface area contributed by atoms with Crippen molar-refractivity contribution in [3.05, 3.63) is 77.4 Å². The summed E-state index contributed by atoms with van der Waals surface area (Å²) >= 11 is 1.85. The molecule has 1 aliphatic heterocycles. The summed E-state index contributed by atoms with van der Waals surface area (Å²) in [7, 11) is 0. The van der Waals surface area contributed by atoms with Crippen molar-refractivity contribution in [2.75, 3.05) is 25.6 Å². The number of ether oxygens (including phenoxy) is 3. The van der Waals surface area contributed by atoms with Gasteiger partial charge in [-0.05, 0) is 125 Å². The highest BCUT2D eigenvalue weighted by atomic mass is 32.2. The van der Waals surface area contributed by atoms with E-state index in [9.17, 15) is 10.2 Å². The number of rotatable bonds is 16. The topological polar surface area (TPSA) is 89.7 Å². The predicted molar refractivity (Wildman–Crippen MR) is 200 cm³/mol. The summed E-state index contributed by atoms with van der Waals surface area (Å²) in [5.41, 5.74) is 5.20. The third kappa shape index (κ3) is 8.41. The number of hydrogen-bond acceptors (Lipinski definition) is 8. The van der Waals surface area contributed by atoms with Crippen LogP contribution in [-0.4, -0.2) is 58.1 Å². The summed E-state index contributed by atoms with van der Waals surface area (Å²) in [6.45, 7) is 17.2. The van der Waals surface area contributed by atoms with Gasteiger partial charge in [0.2, 0.25) is 5.79 Å². The Morgan fingerprint density at radius 2 is 1.71 bits per heavy atom. The van der Waals surface area contributed by atoms with E-state index in [-0.39, 0.29) is 42.1 Å². The van der Waals surface area contributed by atoms with Crippen LogP contribution in [0.2, 0.25) is 0 Å². The number of aryl methyl sites for hydroxylation is 2. The molecule has 2 N–H and O–H groups in total. The number of nitrogens with zero attached hydrogens (tertiary/aromatic N) is 1. The van der Waals surface area contributed by atoms with E-state index in [0.717, 1.165) is 78.4 Å². The SMILES string of the molecule is C=CCOC12Oc3ccc(Oc4ccc(C)c(C)c4)cc3C3C(CCCCO)C(CCCCO)C=C(C(=NOC(C)(C)C)CC1SCC)C32. The van der Waals surface area contributed by atoms with Gasteiger partial charge in [0.25, 0.3) is 0 Å². The average Bonchev–Trinajstić information content (AvgIpc) is 3.06. The minimum Gasteiger partial charge on any atom is -0.460 e. The van der Waals surface area contributed by atoms with Gasteiger partial charge in [-0.2, -0.15) is 11.8 Å². The maximum absolute atomic E-state index is 9.82. The van der Waals surface area contributed by atoms with E-state index >= 15 is 0 Å². The number of benzene rings is 2. The monoisotopic (exact) mass is 691 g/mol. The molecular weight excluding hydrogens is 635 g/mol. The Morgan fingerprint density at radius 1 is 1.00 bits per heavy atom. The lowest BCUT2D eigenvalue weighted by Gasteiger charge is -2.58. The summed E-state index contributed by atoms with van der Waals surface area (Å²) in [5.74, 6) is 2.74. The van der Waals surface area contributed by atoms with E-state index in [1.807, 2.05) is 50.7 Å². The first-order valence-corrected chi connectivity index (χ1v) is 19.2. The third-order valence-electron chi connectivity index (χ3n) is 10.1. The smallest absolute Gasteiger partial charge is 0.230 e. The van der Waals surface area contributed by atoms with E-state index in [4.69, 9.17) is 24.2 Å². The molecule has 3 aliphatic rings. The summed E-state index contributed by atoms with van der Waals surface area (Å²) in [5, 5.41) is 24.4. The van der Waals surface area contributed by atoms with Crippen LogP contribution >= 0.6 is 11.8 Å². The Labute approximate surface area is 298 Å². The van der Waals surface area contributed by atoms with E-state index in [1.54, 1.807) is 0 Å². The van der Waals surface area contributed by atoms with Gasteiger partial charge in [-0.3, -0.25) is 0 Å². The van der Waals surface area contributed by atoms with Gasteiger partial charge in [0.1, 0.15) is 22.8 Å². The van der Waals surface area contributed by atoms with Crippen LogP contribution in [0.1, 0.15) is 95.2 Å². The van der Waals surface area contributed by atoms with Crippen molar-refractivity contribution in [1.82, 2.24) is 0 Å². The first-order valence-electron chi connectivity index (χ1n) is 18.2. The Morgan fingerprint density at radius 3 is 2.39 bits per heavy atom. The highest BCUT2D eigenvalue weighted by molar-refractivity contribution is 8.00. The minimum atomic E-state index is -0.944. The molecule has 8 heteroatoms. The molecule has 0 aromatic heterocycles. The van der Waals surface area contributed by atoms with E-state index < -0.39 is 11.4 Å². The lowest BCUT2D eigenvalue weighted by molar-refractivity contribution is -0.223. The molecule has 0 bridgehead atoms. The first kappa shape index (κ1) is 37.5.